The summed E-state index contributed by atoms with van der Waals surface area (Å²) in [5.41, 5.74) is 1.37. The molecule has 0 aromatic carbocycles. The monoisotopic (exact) mass is 282 g/mol. The second kappa shape index (κ2) is 8.01. The number of hydrogen-bond acceptors (Lipinski definition) is 3. The first kappa shape index (κ1) is 16.6. The molecule has 3 heteroatoms. The molecule has 1 atom stereocenters. The molecule has 110 valence electrons. The third-order valence-electron chi connectivity index (χ3n) is 3.32. The fourth-order valence-corrected chi connectivity index (χ4v) is 2.90. The molecular formula is C16H30N2S. The summed E-state index contributed by atoms with van der Waals surface area (Å²) in [5.74, 6) is 0. The van der Waals surface area contributed by atoms with Crippen LogP contribution in [0, 0.1) is 0 Å². The minimum atomic E-state index is 0.175. The van der Waals surface area contributed by atoms with E-state index in [1.165, 1.54) is 42.8 Å². The Morgan fingerprint density at radius 3 is 2.58 bits per heavy atom. The van der Waals surface area contributed by atoms with Crippen molar-refractivity contribution in [2.45, 2.75) is 84.7 Å². The molecule has 0 saturated heterocycles. The highest BCUT2D eigenvalue weighted by molar-refractivity contribution is 7.09. The molecule has 19 heavy (non-hydrogen) atoms. The quantitative estimate of drug-likeness (QED) is 0.687. The van der Waals surface area contributed by atoms with Gasteiger partial charge in [0.1, 0.15) is 0 Å². The fourth-order valence-electron chi connectivity index (χ4n) is 1.99. The molecule has 1 unspecified atom stereocenters. The third kappa shape index (κ3) is 6.53. The van der Waals surface area contributed by atoms with Crippen molar-refractivity contribution in [3.8, 4) is 0 Å². The molecule has 0 spiro atoms. The van der Waals surface area contributed by atoms with Crippen molar-refractivity contribution in [1.29, 1.82) is 0 Å². The summed E-state index contributed by atoms with van der Waals surface area (Å²) in [4.78, 5) is 4.72. The normalized spacial score (nSPS) is 13.7. The average Bonchev–Trinajstić information content (AvgIpc) is 2.81. The standard InChI is InChI=1S/C16H30N2S/c1-6-7-8-9-10-13(2)17-11-14-12-19-15(18-14)16(3,4)5/h12-13,17H,6-11H2,1-5H3. The first-order chi connectivity index (χ1) is 8.93. The molecular weight excluding hydrogens is 252 g/mol. The summed E-state index contributed by atoms with van der Waals surface area (Å²) in [6, 6.07) is 0.594. The highest BCUT2D eigenvalue weighted by atomic mass is 32.1. The summed E-state index contributed by atoms with van der Waals surface area (Å²) in [7, 11) is 0. The van der Waals surface area contributed by atoms with Crippen LogP contribution in [-0.4, -0.2) is 11.0 Å². The molecule has 1 N–H and O–H groups in total. The second-order valence-electron chi connectivity index (χ2n) is 6.53. The van der Waals surface area contributed by atoms with Gasteiger partial charge in [0.25, 0.3) is 0 Å². The first-order valence-electron chi connectivity index (χ1n) is 7.61. The van der Waals surface area contributed by atoms with E-state index in [9.17, 15) is 0 Å². The topological polar surface area (TPSA) is 24.9 Å². The molecule has 0 fully saturated rings. The van der Waals surface area contributed by atoms with E-state index in [1.807, 2.05) is 0 Å². The maximum absolute atomic E-state index is 4.72. The molecule has 1 rings (SSSR count). The van der Waals surface area contributed by atoms with Crippen LogP contribution in [0.1, 0.15) is 77.4 Å². The van der Waals surface area contributed by atoms with E-state index in [0.717, 1.165) is 6.54 Å². The van der Waals surface area contributed by atoms with Gasteiger partial charge in [-0.15, -0.1) is 11.3 Å². The lowest BCUT2D eigenvalue weighted by Gasteiger charge is -2.14. The van der Waals surface area contributed by atoms with Gasteiger partial charge in [0.15, 0.2) is 0 Å². The molecule has 0 saturated carbocycles. The van der Waals surface area contributed by atoms with Crippen molar-refractivity contribution >= 4 is 11.3 Å². The van der Waals surface area contributed by atoms with Crippen molar-refractivity contribution in [2.24, 2.45) is 0 Å². The number of aromatic nitrogens is 1. The summed E-state index contributed by atoms with van der Waals surface area (Å²) in [5, 5.41) is 7.01. The van der Waals surface area contributed by atoms with E-state index in [2.05, 4.69) is 45.3 Å². The van der Waals surface area contributed by atoms with Gasteiger partial charge in [-0.2, -0.15) is 0 Å². The highest BCUT2D eigenvalue weighted by Crippen LogP contribution is 2.25. The van der Waals surface area contributed by atoms with E-state index in [0.29, 0.717) is 6.04 Å². The summed E-state index contributed by atoms with van der Waals surface area (Å²) in [6.07, 6.45) is 6.67. The largest absolute Gasteiger partial charge is 0.309 e. The minimum Gasteiger partial charge on any atom is -0.309 e. The zero-order valence-corrected chi connectivity index (χ0v) is 14.1. The fraction of sp³-hybridized carbons (Fsp3) is 0.812. The Bertz CT molecular complexity index is 352. The maximum Gasteiger partial charge on any atom is 0.0982 e. The lowest BCUT2D eigenvalue weighted by Crippen LogP contribution is -2.25. The lowest BCUT2D eigenvalue weighted by atomic mass is 9.98. The van der Waals surface area contributed by atoms with Crippen molar-refractivity contribution in [1.82, 2.24) is 10.3 Å². The van der Waals surface area contributed by atoms with Crippen molar-refractivity contribution < 1.29 is 0 Å². The molecule has 0 aliphatic heterocycles. The van der Waals surface area contributed by atoms with Gasteiger partial charge in [-0.25, -0.2) is 4.98 Å². The van der Waals surface area contributed by atoms with Crippen LogP contribution in [0.5, 0.6) is 0 Å². The molecule has 2 nitrogen and oxygen atoms in total. The second-order valence-corrected chi connectivity index (χ2v) is 7.38. The summed E-state index contributed by atoms with van der Waals surface area (Å²) in [6.45, 7) is 12.1. The van der Waals surface area contributed by atoms with E-state index < -0.39 is 0 Å². The Balaban J connectivity index is 2.26. The highest BCUT2D eigenvalue weighted by Gasteiger charge is 2.17. The summed E-state index contributed by atoms with van der Waals surface area (Å²) >= 11 is 1.78. The molecule has 0 aliphatic rings. The van der Waals surface area contributed by atoms with Crippen LogP contribution in [0.3, 0.4) is 0 Å². The minimum absolute atomic E-state index is 0.175. The number of thiazole rings is 1. The van der Waals surface area contributed by atoms with Crippen LogP contribution in [-0.2, 0) is 12.0 Å². The van der Waals surface area contributed by atoms with Crippen LogP contribution in [0.25, 0.3) is 0 Å². The van der Waals surface area contributed by atoms with E-state index in [4.69, 9.17) is 4.98 Å². The molecule has 0 aliphatic carbocycles. The molecule has 0 bridgehead atoms. The number of nitrogens with one attached hydrogen (secondary N) is 1. The van der Waals surface area contributed by atoms with Crippen LogP contribution < -0.4 is 5.32 Å². The van der Waals surface area contributed by atoms with Crippen LogP contribution in [0.4, 0.5) is 0 Å². The predicted octanol–water partition coefficient (Wildman–Crippen LogP) is 4.89. The molecule has 1 aromatic heterocycles. The van der Waals surface area contributed by atoms with E-state index >= 15 is 0 Å². The Labute approximate surface area is 123 Å². The SMILES string of the molecule is CCCCCCC(C)NCc1csc(C(C)(C)C)n1. The third-order valence-corrected chi connectivity index (χ3v) is 4.63. The van der Waals surface area contributed by atoms with Gasteiger partial charge in [-0.3, -0.25) is 0 Å². The molecule has 1 heterocycles. The zero-order chi connectivity index (χ0) is 14.3. The Kier molecular flexibility index (Phi) is 7.01. The number of rotatable bonds is 8. The van der Waals surface area contributed by atoms with Gasteiger partial charge in [0.05, 0.1) is 10.7 Å². The van der Waals surface area contributed by atoms with E-state index in [-0.39, 0.29) is 5.41 Å². The average molecular weight is 282 g/mol. The first-order valence-corrected chi connectivity index (χ1v) is 8.49. The molecule has 0 amide bonds. The van der Waals surface area contributed by atoms with Crippen LogP contribution >= 0.6 is 11.3 Å². The van der Waals surface area contributed by atoms with Gasteiger partial charge >= 0.3 is 0 Å². The number of unbranched alkanes of at least 4 members (excludes halogenated alkanes) is 3. The Morgan fingerprint density at radius 2 is 2.00 bits per heavy atom. The van der Waals surface area contributed by atoms with Crippen LogP contribution in [0.2, 0.25) is 0 Å². The zero-order valence-electron chi connectivity index (χ0n) is 13.3. The number of nitrogens with zero attached hydrogens (tertiary/aromatic N) is 1. The smallest absolute Gasteiger partial charge is 0.0982 e. The van der Waals surface area contributed by atoms with Crippen molar-refractivity contribution in [3.05, 3.63) is 16.1 Å². The number of hydrogen-bond donors (Lipinski definition) is 1. The van der Waals surface area contributed by atoms with Gasteiger partial charge in [0.2, 0.25) is 0 Å². The Hall–Kier alpha value is -0.410. The predicted molar refractivity (Wildman–Crippen MR) is 85.9 cm³/mol. The summed E-state index contributed by atoms with van der Waals surface area (Å²) < 4.78 is 0. The lowest BCUT2D eigenvalue weighted by molar-refractivity contribution is 0.479. The van der Waals surface area contributed by atoms with Gasteiger partial charge < -0.3 is 5.32 Å². The van der Waals surface area contributed by atoms with E-state index in [1.54, 1.807) is 11.3 Å². The van der Waals surface area contributed by atoms with Crippen molar-refractivity contribution in [2.75, 3.05) is 0 Å². The van der Waals surface area contributed by atoms with Crippen molar-refractivity contribution in [3.63, 3.8) is 0 Å². The van der Waals surface area contributed by atoms with Gasteiger partial charge in [-0.05, 0) is 13.3 Å². The van der Waals surface area contributed by atoms with Gasteiger partial charge in [0, 0.05) is 23.4 Å². The van der Waals surface area contributed by atoms with Gasteiger partial charge in [-0.1, -0.05) is 53.4 Å². The van der Waals surface area contributed by atoms with Crippen LogP contribution in [0.15, 0.2) is 5.38 Å². The molecule has 1 aromatic rings. The maximum atomic E-state index is 4.72. The Morgan fingerprint density at radius 1 is 1.26 bits per heavy atom. The molecule has 0 radical (unpaired) electrons.